The quantitative estimate of drug-likeness (QED) is 0.286. The third-order valence-electron chi connectivity index (χ3n) is 5.43. The lowest BCUT2D eigenvalue weighted by molar-refractivity contribution is -0.232. The standard InChI is InChI=1S/C21H20N5O9/c1-9(27)32-8-14-16(33-10(2)28)17(34-11(3)29)15(18(35-14)19-22-24-25-23-19)26-20(30)12-6-4-5-7-13(12)21(26)31/h4-7,14-18H,8H2,1-3H3/q-1/t14-,15-,16-,17-,18-/m1/s1. The van der Waals surface area contributed by atoms with Crippen LogP contribution in [-0.2, 0) is 33.3 Å². The molecule has 0 saturated carbocycles. The van der Waals surface area contributed by atoms with Gasteiger partial charge in [0.2, 0.25) is 0 Å². The fourth-order valence-corrected chi connectivity index (χ4v) is 4.16. The van der Waals surface area contributed by atoms with Crippen molar-refractivity contribution >= 4 is 29.7 Å². The van der Waals surface area contributed by atoms with Crippen LogP contribution in [0.1, 0.15) is 53.4 Å². The van der Waals surface area contributed by atoms with Gasteiger partial charge in [-0.1, -0.05) is 12.1 Å². The number of rotatable bonds is 6. The summed E-state index contributed by atoms with van der Waals surface area (Å²) in [4.78, 5) is 63.1. The molecule has 1 aromatic heterocycles. The first kappa shape index (κ1) is 23.9. The molecule has 2 aliphatic rings. The van der Waals surface area contributed by atoms with Crippen molar-refractivity contribution in [2.24, 2.45) is 0 Å². The van der Waals surface area contributed by atoms with E-state index in [0.717, 1.165) is 18.7 Å². The summed E-state index contributed by atoms with van der Waals surface area (Å²) >= 11 is 0. The van der Waals surface area contributed by atoms with E-state index in [9.17, 15) is 24.0 Å². The minimum Gasteiger partial charge on any atom is -0.463 e. The smallest absolute Gasteiger partial charge is 0.303 e. The van der Waals surface area contributed by atoms with Crippen molar-refractivity contribution in [1.29, 1.82) is 0 Å². The monoisotopic (exact) mass is 486 g/mol. The molecule has 0 unspecified atom stereocenters. The second kappa shape index (κ2) is 9.58. The molecule has 5 atom stereocenters. The summed E-state index contributed by atoms with van der Waals surface area (Å²) in [7, 11) is 0. The summed E-state index contributed by atoms with van der Waals surface area (Å²) in [6, 6.07) is 4.76. The number of aromatic nitrogens is 4. The molecule has 2 aliphatic heterocycles. The molecule has 1 saturated heterocycles. The van der Waals surface area contributed by atoms with Gasteiger partial charge >= 0.3 is 17.9 Å². The number of benzene rings is 1. The summed E-state index contributed by atoms with van der Waals surface area (Å²) in [6.07, 6.45) is -5.29. The predicted molar refractivity (Wildman–Crippen MR) is 109 cm³/mol. The minimum absolute atomic E-state index is 0.127. The van der Waals surface area contributed by atoms with Gasteiger partial charge in [0.05, 0.1) is 11.1 Å². The van der Waals surface area contributed by atoms with E-state index >= 15 is 0 Å². The van der Waals surface area contributed by atoms with Crippen molar-refractivity contribution in [3.8, 4) is 0 Å². The Morgan fingerprint density at radius 3 is 2.09 bits per heavy atom. The SMILES string of the molecule is CC(=O)OC[C@H]1O[C@@H](c2nnn[n-]2)[C@H](N2C(=O)c3ccccc3C2=O)[C@@H](OC(C)=O)[C@@H]1OC(C)=O. The number of imide groups is 1. The van der Waals surface area contributed by atoms with Crippen molar-refractivity contribution in [1.82, 2.24) is 25.5 Å². The zero-order valence-electron chi connectivity index (χ0n) is 18.8. The van der Waals surface area contributed by atoms with Crippen LogP contribution in [0.4, 0.5) is 0 Å². The minimum atomic E-state index is -1.43. The van der Waals surface area contributed by atoms with Crippen LogP contribution in [-0.4, -0.2) is 81.1 Å². The number of nitrogens with zero attached hydrogens (tertiary/aromatic N) is 5. The Hall–Kier alpha value is -4.20. The lowest BCUT2D eigenvalue weighted by Crippen LogP contribution is -2.64. The van der Waals surface area contributed by atoms with Gasteiger partial charge in [-0.15, -0.1) is 0 Å². The summed E-state index contributed by atoms with van der Waals surface area (Å²) in [5.74, 6) is -3.71. The first-order chi connectivity index (χ1) is 16.7. The molecule has 2 aromatic rings. The molecule has 35 heavy (non-hydrogen) atoms. The molecular weight excluding hydrogens is 466 g/mol. The summed E-state index contributed by atoms with van der Waals surface area (Å²) in [5.41, 5.74) is 0.257. The number of carbonyl (C=O) groups excluding carboxylic acids is 5. The first-order valence-corrected chi connectivity index (χ1v) is 10.5. The predicted octanol–water partition coefficient (Wildman–Crippen LogP) is -0.640. The topological polar surface area (TPSA) is 178 Å². The van der Waals surface area contributed by atoms with E-state index in [1.807, 2.05) is 0 Å². The van der Waals surface area contributed by atoms with E-state index < -0.39 is 66.8 Å². The number of amides is 2. The summed E-state index contributed by atoms with van der Waals surface area (Å²) < 4.78 is 22.0. The Labute approximate surface area is 197 Å². The Morgan fingerprint density at radius 2 is 1.57 bits per heavy atom. The highest BCUT2D eigenvalue weighted by molar-refractivity contribution is 6.21. The van der Waals surface area contributed by atoms with Gasteiger partial charge in [-0.3, -0.25) is 39.2 Å². The molecule has 0 radical (unpaired) electrons. The maximum atomic E-state index is 13.3. The molecular formula is C21H20N5O9-. The van der Waals surface area contributed by atoms with Crippen molar-refractivity contribution < 1.29 is 42.9 Å². The van der Waals surface area contributed by atoms with E-state index in [-0.39, 0.29) is 17.0 Å². The van der Waals surface area contributed by atoms with Crippen LogP contribution >= 0.6 is 0 Å². The van der Waals surface area contributed by atoms with Crippen molar-refractivity contribution in [2.45, 2.75) is 51.2 Å². The van der Waals surface area contributed by atoms with Crippen LogP contribution in [0, 0.1) is 0 Å². The number of ether oxygens (including phenoxy) is 4. The number of hydrogen-bond donors (Lipinski definition) is 0. The average molecular weight is 486 g/mol. The third kappa shape index (κ3) is 4.59. The lowest BCUT2D eigenvalue weighted by atomic mass is 9.90. The molecule has 0 aliphatic carbocycles. The van der Waals surface area contributed by atoms with Crippen molar-refractivity contribution in [2.75, 3.05) is 6.61 Å². The molecule has 14 heteroatoms. The molecule has 0 spiro atoms. The second-order valence-corrected chi connectivity index (χ2v) is 7.80. The van der Waals surface area contributed by atoms with E-state index in [1.165, 1.54) is 19.1 Å². The van der Waals surface area contributed by atoms with E-state index in [4.69, 9.17) is 18.9 Å². The molecule has 2 amide bonds. The fraction of sp³-hybridized carbons (Fsp3) is 0.429. The van der Waals surface area contributed by atoms with Gasteiger partial charge in [0.1, 0.15) is 24.9 Å². The molecule has 3 heterocycles. The van der Waals surface area contributed by atoms with Gasteiger partial charge in [0.25, 0.3) is 11.8 Å². The zero-order valence-corrected chi connectivity index (χ0v) is 18.8. The Kier molecular flexibility index (Phi) is 6.55. The third-order valence-corrected chi connectivity index (χ3v) is 5.43. The maximum Gasteiger partial charge on any atom is 0.303 e. The van der Waals surface area contributed by atoms with Gasteiger partial charge in [0.15, 0.2) is 12.2 Å². The molecule has 0 N–H and O–H groups in total. The Bertz CT molecular complexity index is 1130. The van der Waals surface area contributed by atoms with Gasteiger partial charge in [-0.2, -0.15) is 5.21 Å². The highest BCUT2D eigenvalue weighted by Gasteiger charge is 2.57. The lowest BCUT2D eigenvalue weighted by Gasteiger charge is -2.47. The second-order valence-electron chi connectivity index (χ2n) is 7.80. The fourth-order valence-electron chi connectivity index (χ4n) is 4.16. The highest BCUT2D eigenvalue weighted by Crippen LogP contribution is 2.40. The van der Waals surface area contributed by atoms with Crippen LogP contribution in [0.5, 0.6) is 0 Å². The van der Waals surface area contributed by atoms with E-state index in [0.29, 0.717) is 0 Å². The maximum absolute atomic E-state index is 13.3. The van der Waals surface area contributed by atoms with Crippen LogP contribution in [0.2, 0.25) is 0 Å². The molecule has 0 bridgehead atoms. The largest absolute Gasteiger partial charge is 0.463 e. The summed E-state index contributed by atoms with van der Waals surface area (Å²) in [6.45, 7) is 2.99. The molecule has 4 rings (SSSR count). The Morgan fingerprint density at radius 1 is 0.971 bits per heavy atom. The van der Waals surface area contributed by atoms with Crippen molar-refractivity contribution in [3.05, 3.63) is 41.2 Å². The van der Waals surface area contributed by atoms with Crippen LogP contribution in [0.15, 0.2) is 24.3 Å². The molecule has 184 valence electrons. The summed E-state index contributed by atoms with van der Waals surface area (Å²) in [5, 5.41) is 14.4. The van der Waals surface area contributed by atoms with Crippen LogP contribution in [0.25, 0.3) is 0 Å². The van der Waals surface area contributed by atoms with Gasteiger partial charge < -0.3 is 24.0 Å². The van der Waals surface area contributed by atoms with Gasteiger partial charge in [-0.05, 0) is 12.1 Å². The Balaban J connectivity index is 1.84. The van der Waals surface area contributed by atoms with Gasteiger partial charge in [0, 0.05) is 26.6 Å². The van der Waals surface area contributed by atoms with Crippen LogP contribution in [0.3, 0.4) is 0 Å². The number of hydrogen-bond acceptors (Lipinski definition) is 12. The zero-order chi connectivity index (χ0) is 25.3. The highest BCUT2D eigenvalue weighted by atomic mass is 16.6. The first-order valence-electron chi connectivity index (χ1n) is 10.5. The van der Waals surface area contributed by atoms with E-state index in [2.05, 4.69) is 20.6 Å². The van der Waals surface area contributed by atoms with Crippen molar-refractivity contribution in [3.63, 3.8) is 0 Å². The molecule has 1 fully saturated rings. The van der Waals surface area contributed by atoms with Gasteiger partial charge in [-0.25, -0.2) is 0 Å². The van der Waals surface area contributed by atoms with Crippen LogP contribution < -0.4 is 5.10 Å². The number of esters is 3. The molecule has 14 nitrogen and oxygen atoms in total. The van der Waals surface area contributed by atoms with E-state index in [1.54, 1.807) is 12.1 Å². The molecule has 1 aromatic carbocycles. The number of carbonyl (C=O) groups is 5. The number of fused-ring (bicyclic) bond motifs is 1. The number of tetrazole rings is 1. The normalized spacial score (nSPS) is 25.7. The average Bonchev–Trinajstić information content (AvgIpc) is 3.41.